The Kier molecular flexibility index (Phi) is 6.28. The number of rotatable bonds is 7. The molecule has 3 rings (SSSR count). The second-order valence-electron chi connectivity index (χ2n) is 5.66. The van der Waals surface area contributed by atoms with E-state index in [1.54, 1.807) is 0 Å². The summed E-state index contributed by atoms with van der Waals surface area (Å²) in [6, 6.07) is 10.5. The summed E-state index contributed by atoms with van der Waals surface area (Å²) in [7, 11) is 1.38. The molecule has 0 aliphatic rings. The Morgan fingerprint density at radius 2 is 1.93 bits per heavy atom. The maximum Gasteiger partial charge on any atom is 0.338 e. The zero-order valence-corrected chi connectivity index (χ0v) is 17.0. The van der Waals surface area contributed by atoms with Crippen molar-refractivity contribution in [2.45, 2.75) is 6.61 Å². The van der Waals surface area contributed by atoms with E-state index in [-0.39, 0.29) is 35.3 Å². The summed E-state index contributed by atoms with van der Waals surface area (Å²) in [6.45, 7) is -0.346. The van der Waals surface area contributed by atoms with E-state index in [2.05, 4.69) is 0 Å². The van der Waals surface area contributed by atoms with Gasteiger partial charge >= 0.3 is 5.97 Å². The number of ether oxygens (including phenoxy) is 3. The number of esters is 1. The van der Waals surface area contributed by atoms with Gasteiger partial charge in [0.15, 0.2) is 18.1 Å². The number of halogens is 2. The molecule has 0 spiro atoms. The molecule has 0 radical (unpaired) electrons. The number of benzene rings is 2. The molecule has 0 saturated carbocycles. The number of fused-ring (bicyclic) bond motifs is 1. The standard InChI is InChI=1S/C19H15Cl2NO5S/c1-25-13-7-10(6-12(20)18(13)26-9-16(22)23)19(24)27-8-15-17(21)11-4-2-3-5-14(11)28-15/h2-7H,8-9H2,1H3,(H2,22,23). The number of hydrogen-bond acceptors (Lipinski definition) is 6. The summed E-state index contributed by atoms with van der Waals surface area (Å²) in [4.78, 5) is 24.1. The van der Waals surface area contributed by atoms with Crippen molar-refractivity contribution in [2.75, 3.05) is 13.7 Å². The van der Waals surface area contributed by atoms with Gasteiger partial charge in [-0.15, -0.1) is 11.3 Å². The number of carbonyl (C=O) groups is 2. The number of carbonyl (C=O) groups excluding carboxylic acids is 2. The van der Waals surface area contributed by atoms with E-state index in [4.69, 9.17) is 43.1 Å². The van der Waals surface area contributed by atoms with Crippen LogP contribution in [-0.4, -0.2) is 25.6 Å². The van der Waals surface area contributed by atoms with Crippen molar-refractivity contribution in [2.24, 2.45) is 5.73 Å². The molecule has 0 fully saturated rings. The third kappa shape index (κ3) is 4.32. The van der Waals surface area contributed by atoms with Crippen molar-refractivity contribution in [1.82, 2.24) is 0 Å². The van der Waals surface area contributed by atoms with E-state index in [0.717, 1.165) is 15.0 Å². The third-order valence-corrected chi connectivity index (χ3v) is 5.73. The Bertz CT molecular complexity index is 1050. The number of hydrogen-bond donors (Lipinski definition) is 1. The summed E-state index contributed by atoms with van der Waals surface area (Å²) >= 11 is 14.0. The van der Waals surface area contributed by atoms with Crippen LogP contribution >= 0.6 is 34.5 Å². The van der Waals surface area contributed by atoms with Gasteiger partial charge in [-0.05, 0) is 18.2 Å². The summed E-state index contributed by atoms with van der Waals surface area (Å²) in [6.07, 6.45) is 0. The molecular weight excluding hydrogens is 425 g/mol. The van der Waals surface area contributed by atoms with E-state index < -0.39 is 11.9 Å². The molecule has 0 atom stereocenters. The predicted molar refractivity (Wildman–Crippen MR) is 109 cm³/mol. The number of methoxy groups -OCH3 is 1. The maximum atomic E-state index is 12.5. The van der Waals surface area contributed by atoms with Gasteiger partial charge in [-0.3, -0.25) is 4.79 Å². The van der Waals surface area contributed by atoms with E-state index in [9.17, 15) is 9.59 Å². The van der Waals surface area contributed by atoms with Gasteiger partial charge < -0.3 is 19.9 Å². The lowest BCUT2D eigenvalue weighted by Crippen LogP contribution is -2.20. The molecular formula is C19H15Cl2NO5S. The number of primary amides is 1. The molecule has 9 heteroatoms. The topological polar surface area (TPSA) is 87.8 Å². The van der Waals surface area contributed by atoms with Crippen LogP contribution in [0.4, 0.5) is 0 Å². The van der Waals surface area contributed by atoms with Gasteiger partial charge in [0.25, 0.3) is 5.91 Å². The molecule has 6 nitrogen and oxygen atoms in total. The van der Waals surface area contributed by atoms with Crippen LogP contribution < -0.4 is 15.2 Å². The van der Waals surface area contributed by atoms with Crippen LogP contribution in [0.2, 0.25) is 10.0 Å². The van der Waals surface area contributed by atoms with E-state index in [0.29, 0.717) is 5.02 Å². The fourth-order valence-electron chi connectivity index (χ4n) is 2.49. The van der Waals surface area contributed by atoms with Crippen molar-refractivity contribution in [3.05, 3.63) is 56.9 Å². The van der Waals surface area contributed by atoms with Crippen LogP contribution in [0.15, 0.2) is 36.4 Å². The maximum absolute atomic E-state index is 12.5. The summed E-state index contributed by atoms with van der Waals surface area (Å²) in [5.41, 5.74) is 5.23. The zero-order chi connectivity index (χ0) is 20.3. The monoisotopic (exact) mass is 439 g/mol. The minimum atomic E-state index is -0.665. The van der Waals surface area contributed by atoms with Crippen molar-refractivity contribution in [3.8, 4) is 11.5 Å². The highest BCUT2D eigenvalue weighted by molar-refractivity contribution is 7.19. The zero-order valence-electron chi connectivity index (χ0n) is 14.7. The van der Waals surface area contributed by atoms with E-state index in [1.807, 2.05) is 24.3 Å². The fraction of sp³-hybridized carbons (Fsp3) is 0.158. The second-order valence-corrected chi connectivity index (χ2v) is 7.58. The lowest BCUT2D eigenvalue weighted by atomic mass is 10.2. The molecule has 1 amide bonds. The molecule has 1 heterocycles. The van der Waals surface area contributed by atoms with Gasteiger partial charge in [0.1, 0.15) is 6.61 Å². The molecule has 3 aromatic rings. The normalized spacial score (nSPS) is 10.7. The molecule has 0 bridgehead atoms. The molecule has 1 aromatic heterocycles. The first-order chi connectivity index (χ1) is 13.4. The average Bonchev–Trinajstić information content (AvgIpc) is 3.00. The van der Waals surface area contributed by atoms with Crippen LogP contribution in [0.1, 0.15) is 15.2 Å². The highest BCUT2D eigenvalue weighted by atomic mass is 35.5. The van der Waals surface area contributed by atoms with Crippen LogP contribution in [-0.2, 0) is 16.1 Å². The first-order valence-electron chi connectivity index (χ1n) is 8.02. The molecule has 0 aliphatic carbocycles. The first kappa shape index (κ1) is 20.3. The largest absolute Gasteiger partial charge is 0.493 e. The minimum absolute atomic E-state index is 0.0247. The minimum Gasteiger partial charge on any atom is -0.493 e. The molecule has 2 aromatic carbocycles. The second kappa shape index (κ2) is 8.68. The van der Waals surface area contributed by atoms with Gasteiger partial charge in [-0.1, -0.05) is 41.4 Å². The third-order valence-electron chi connectivity index (χ3n) is 3.76. The lowest BCUT2D eigenvalue weighted by molar-refractivity contribution is -0.119. The molecule has 28 heavy (non-hydrogen) atoms. The number of nitrogens with two attached hydrogens (primary N) is 1. The lowest BCUT2D eigenvalue weighted by Gasteiger charge is -2.13. The summed E-state index contributed by atoms with van der Waals surface area (Å²) < 4.78 is 16.8. The first-order valence-corrected chi connectivity index (χ1v) is 9.59. The SMILES string of the molecule is COc1cc(C(=O)OCc2sc3ccccc3c2Cl)cc(Cl)c1OCC(N)=O. The van der Waals surface area contributed by atoms with Gasteiger partial charge in [-0.2, -0.15) is 0 Å². The van der Waals surface area contributed by atoms with Crippen LogP contribution in [0.5, 0.6) is 11.5 Å². The van der Waals surface area contributed by atoms with Gasteiger partial charge in [-0.25, -0.2) is 4.79 Å². The number of thiophene rings is 1. The molecule has 2 N–H and O–H groups in total. The Labute approximate surface area is 174 Å². The van der Waals surface area contributed by atoms with Crippen molar-refractivity contribution in [1.29, 1.82) is 0 Å². The average molecular weight is 440 g/mol. The van der Waals surface area contributed by atoms with Gasteiger partial charge in [0, 0.05) is 10.1 Å². The van der Waals surface area contributed by atoms with Crippen LogP contribution in [0.3, 0.4) is 0 Å². The van der Waals surface area contributed by atoms with Crippen molar-refractivity contribution < 1.29 is 23.8 Å². The van der Waals surface area contributed by atoms with Gasteiger partial charge in [0.2, 0.25) is 0 Å². The van der Waals surface area contributed by atoms with Crippen molar-refractivity contribution >= 4 is 56.5 Å². The van der Waals surface area contributed by atoms with Gasteiger partial charge in [0.05, 0.1) is 27.6 Å². The predicted octanol–water partition coefficient (Wildman–Crippen LogP) is 4.44. The summed E-state index contributed by atoms with van der Waals surface area (Å²) in [5, 5.41) is 1.58. The van der Waals surface area contributed by atoms with Crippen LogP contribution in [0, 0.1) is 0 Å². The summed E-state index contributed by atoms with van der Waals surface area (Å²) in [5.74, 6) is -0.968. The fourth-order valence-corrected chi connectivity index (χ4v) is 4.16. The van der Waals surface area contributed by atoms with Crippen LogP contribution in [0.25, 0.3) is 10.1 Å². The van der Waals surface area contributed by atoms with E-state index >= 15 is 0 Å². The Balaban J connectivity index is 1.77. The molecule has 0 saturated heterocycles. The van der Waals surface area contributed by atoms with E-state index in [1.165, 1.54) is 30.6 Å². The molecule has 0 aliphatic heterocycles. The smallest absolute Gasteiger partial charge is 0.338 e. The van der Waals surface area contributed by atoms with Crippen molar-refractivity contribution in [3.63, 3.8) is 0 Å². The Morgan fingerprint density at radius 1 is 1.18 bits per heavy atom. The Hall–Kier alpha value is -2.48. The number of amides is 1. The quantitative estimate of drug-likeness (QED) is 0.549. The highest BCUT2D eigenvalue weighted by Gasteiger charge is 2.19. The Morgan fingerprint density at radius 3 is 2.61 bits per heavy atom. The highest BCUT2D eigenvalue weighted by Crippen LogP contribution is 2.38. The molecule has 0 unspecified atom stereocenters. The molecule has 146 valence electrons.